The van der Waals surface area contributed by atoms with Crippen LogP contribution in [-0.4, -0.2) is 23.8 Å². The van der Waals surface area contributed by atoms with E-state index in [1.165, 1.54) is 6.07 Å². The highest BCUT2D eigenvalue weighted by molar-refractivity contribution is 6.30. The maximum absolute atomic E-state index is 13.6. The van der Waals surface area contributed by atoms with Crippen molar-refractivity contribution in [3.63, 3.8) is 0 Å². The van der Waals surface area contributed by atoms with Gasteiger partial charge in [0.25, 0.3) is 0 Å². The van der Waals surface area contributed by atoms with Crippen molar-refractivity contribution in [1.82, 2.24) is 5.32 Å². The molecule has 1 aliphatic rings. The standard InChI is InChI=1S/C11H13ClFNO/c12-9-3-1-2-8(10(9)13)6-11(15)4-5-14-7-11/h1-3,14-15H,4-7H2. The average Bonchev–Trinajstić information content (AvgIpc) is 2.60. The smallest absolute Gasteiger partial charge is 0.145 e. The van der Waals surface area contributed by atoms with Gasteiger partial charge in [-0.05, 0) is 24.6 Å². The predicted octanol–water partition coefficient (Wildman–Crippen LogP) is 1.75. The molecule has 4 heteroatoms. The lowest BCUT2D eigenvalue weighted by atomic mass is 9.93. The van der Waals surface area contributed by atoms with Gasteiger partial charge in [0.1, 0.15) is 5.82 Å². The number of hydrogen-bond acceptors (Lipinski definition) is 2. The summed E-state index contributed by atoms with van der Waals surface area (Å²) in [6.07, 6.45) is 0.964. The number of nitrogens with one attached hydrogen (secondary N) is 1. The van der Waals surface area contributed by atoms with Crippen molar-refractivity contribution in [2.45, 2.75) is 18.4 Å². The third kappa shape index (κ3) is 2.30. The summed E-state index contributed by atoms with van der Waals surface area (Å²) < 4.78 is 13.6. The Kier molecular flexibility index (Phi) is 2.96. The molecule has 1 aromatic rings. The number of benzene rings is 1. The molecule has 2 nitrogen and oxygen atoms in total. The molecule has 1 fully saturated rings. The molecule has 0 radical (unpaired) electrons. The molecule has 2 N–H and O–H groups in total. The van der Waals surface area contributed by atoms with Gasteiger partial charge >= 0.3 is 0 Å². The molecule has 0 amide bonds. The minimum Gasteiger partial charge on any atom is -0.388 e. The zero-order valence-corrected chi connectivity index (χ0v) is 9.02. The Morgan fingerprint density at radius 3 is 3.00 bits per heavy atom. The van der Waals surface area contributed by atoms with Crippen LogP contribution in [0.3, 0.4) is 0 Å². The van der Waals surface area contributed by atoms with Crippen molar-refractivity contribution < 1.29 is 9.50 Å². The topological polar surface area (TPSA) is 32.3 Å². The molecule has 0 aromatic heterocycles. The number of β-amino-alcohol motifs (C(OH)–C–C–N with tert-alkyl or cyclic N) is 1. The van der Waals surface area contributed by atoms with E-state index in [1.807, 2.05) is 0 Å². The fraction of sp³-hybridized carbons (Fsp3) is 0.455. The van der Waals surface area contributed by atoms with Crippen molar-refractivity contribution in [3.05, 3.63) is 34.6 Å². The average molecular weight is 230 g/mol. The number of hydrogen-bond donors (Lipinski definition) is 2. The molecule has 0 bridgehead atoms. The van der Waals surface area contributed by atoms with Gasteiger partial charge in [0.05, 0.1) is 10.6 Å². The van der Waals surface area contributed by atoms with Crippen LogP contribution in [0.2, 0.25) is 5.02 Å². The van der Waals surface area contributed by atoms with Crippen LogP contribution in [0.25, 0.3) is 0 Å². The monoisotopic (exact) mass is 229 g/mol. The number of rotatable bonds is 2. The highest BCUT2D eigenvalue weighted by atomic mass is 35.5. The summed E-state index contributed by atoms with van der Waals surface area (Å²) in [5.74, 6) is -0.417. The van der Waals surface area contributed by atoms with Gasteiger partial charge in [-0.15, -0.1) is 0 Å². The number of aliphatic hydroxyl groups is 1. The summed E-state index contributed by atoms with van der Waals surface area (Å²) >= 11 is 5.67. The van der Waals surface area contributed by atoms with Crippen LogP contribution in [0, 0.1) is 5.82 Å². The Labute approximate surface area is 93.1 Å². The van der Waals surface area contributed by atoms with E-state index >= 15 is 0 Å². The first-order valence-corrected chi connectivity index (χ1v) is 5.34. The van der Waals surface area contributed by atoms with E-state index in [0.29, 0.717) is 24.9 Å². The first kappa shape index (κ1) is 10.9. The van der Waals surface area contributed by atoms with Crippen LogP contribution < -0.4 is 5.32 Å². The summed E-state index contributed by atoms with van der Waals surface area (Å²) in [5, 5.41) is 13.3. The summed E-state index contributed by atoms with van der Waals surface area (Å²) in [7, 11) is 0. The maximum Gasteiger partial charge on any atom is 0.145 e. The van der Waals surface area contributed by atoms with E-state index in [0.717, 1.165) is 6.54 Å². The van der Waals surface area contributed by atoms with Crippen molar-refractivity contribution in [2.24, 2.45) is 0 Å². The minimum atomic E-state index is -0.828. The molecule has 1 atom stereocenters. The molecule has 0 saturated carbocycles. The molecule has 1 saturated heterocycles. The maximum atomic E-state index is 13.6. The zero-order valence-electron chi connectivity index (χ0n) is 8.26. The normalized spacial score (nSPS) is 25.8. The Hall–Kier alpha value is -0.640. The fourth-order valence-corrected chi connectivity index (χ4v) is 2.12. The highest BCUT2D eigenvalue weighted by Gasteiger charge is 2.32. The Morgan fingerprint density at radius 2 is 2.33 bits per heavy atom. The Balaban J connectivity index is 2.20. The van der Waals surface area contributed by atoms with Crippen LogP contribution in [0.1, 0.15) is 12.0 Å². The molecule has 1 heterocycles. The summed E-state index contributed by atoms with van der Waals surface area (Å²) in [6, 6.07) is 4.88. The second kappa shape index (κ2) is 4.08. The van der Waals surface area contributed by atoms with Crippen molar-refractivity contribution in [3.8, 4) is 0 Å². The quantitative estimate of drug-likeness (QED) is 0.810. The largest absolute Gasteiger partial charge is 0.388 e. The van der Waals surface area contributed by atoms with Gasteiger partial charge in [-0.25, -0.2) is 4.39 Å². The lowest BCUT2D eigenvalue weighted by Gasteiger charge is -2.21. The zero-order chi connectivity index (χ0) is 10.9. The van der Waals surface area contributed by atoms with Crippen LogP contribution in [0.15, 0.2) is 18.2 Å². The molecular formula is C11H13ClFNO. The van der Waals surface area contributed by atoms with E-state index in [9.17, 15) is 9.50 Å². The van der Waals surface area contributed by atoms with Crippen LogP contribution in [0.5, 0.6) is 0 Å². The molecule has 0 aliphatic carbocycles. The summed E-state index contributed by atoms with van der Waals surface area (Å²) in [5.41, 5.74) is -0.348. The van der Waals surface area contributed by atoms with E-state index < -0.39 is 11.4 Å². The molecule has 1 aromatic carbocycles. The lowest BCUT2D eigenvalue weighted by Crippen LogP contribution is -2.34. The fourth-order valence-electron chi connectivity index (χ4n) is 1.92. The van der Waals surface area contributed by atoms with Crippen LogP contribution in [-0.2, 0) is 6.42 Å². The van der Waals surface area contributed by atoms with E-state index in [4.69, 9.17) is 11.6 Å². The molecule has 0 spiro atoms. The minimum absolute atomic E-state index is 0.113. The molecule has 1 aliphatic heterocycles. The highest BCUT2D eigenvalue weighted by Crippen LogP contribution is 2.25. The third-order valence-corrected chi connectivity index (χ3v) is 3.06. The third-order valence-electron chi connectivity index (χ3n) is 2.77. The Morgan fingerprint density at radius 1 is 1.53 bits per heavy atom. The van der Waals surface area contributed by atoms with E-state index in [2.05, 4.69) is 5.32 Å². The molecule has 82 valence electrons. The molecular weight excluding hydrogens is 217 g/mol. The first-order chi connectivity index (χ1) is 7.11. The molecule has 2 rings (SSSR count). The van der Waals surface area contributed by atoms with Crippen molar-refractivity contribution >= 4 is 11.6 Å². The van der Waals surface area contributed by atoms with Gasteiger partial charge in [0.2, 0.25) is 0 Å². The molecule has 1 unspecified atom stereocenters. The van der Waals surface area contributed by atoms with Gasteiger partial charge in [-0.1, -0.05) is 23.7 Å². The van der Waals surface area contributed by atoms with Crippen molar-refractivity contribution in [1.29, 1.82) is 0 Å². The van der Waals surface area contributed by atoms with Crippen LogP contribution in [0.4, 0.5) is 4.39 Å². The van der Waals surface area contributed by atoms with Crippen LogP contribution >= 0.6 is 11.6 Å². The van der Waals surface area contributed by atoms with Gasteiger partial charge in [-0.2, -0.15) is 0 Å². The Bertz CT molecular complexity index is 364. The predicted molar refractivity (Wildman–Crippen MR) is 57.6 cm³/mol. The molecule has 15 heavy (non-hydrogen) atoms. The second-order valence-electron chi connectivity index (χ2n) is 4.04. The van der Waals surface area contributed by atoms with Gasteiger partial charge in [-0.3, -0.25) is 0 Å². The lowest BCUT2D eigenvalue weighted by molar-refractivity contribution is 0.0610. The first-order valence-electron chi connectivity index (χ1n) is 4.97. The second-order valence-corrected chi connectivity index (χ2v) is 4.45. The van der Waals surface area contributed by atoms with E-state index in [-0.39, 0.29) is 5.02 Å². The van der Waals surface area contributed by atoms with E-state index in [1.54, 1.807) is 12.1 Å². The summed E-state index contributed by atoms with van der Waals surface area (Å²) in [6.45, 7) is 1.29. The van der Waals surface area contributed by atoms with Gasteiger partial charge < -0.3 is 10.4 Å². The van der Waals surface area contributed by atoms with Gasteiger partial charge in [0, 0.05) is 13.0 Å². The number of halogens is 2. The van der Waals surface area contributed by atoms with Gasteiger partial charge in [0.15, 0.2) is 0 Å². The van der Waals surface area contributed by atoms with Crippen molar-refractivity contribution in [2.75, 3.05) is 13.1 Å². The summed E-state index contributed by atoms with van der Waals surface area (Å²) in [4.78, 5) is 0. The SMILES string of the molecule is OC1(Cc2cccc(Cl)c2F)CCNC1.